The fourth-order valence-corrected chi connectivity index (χ4v) is 2.22. The molecule has 6 heteroatoms. The van der Waals surface area contributed by atoms with Gasteiger partial charge in [0.2, 0.25) is 5.78 Å². The van der Waals surface area contributed by atoms with E-state index in [9.17, 15) is 13.2 Å². The maximum absolute atomic E-state index is 11.9. The van der Waals surface area contributed by atoms with Crippen LogP contribution in [-0.4, -0.2) is 26.6 Å². The second kappa shape index (κ2) is 4.55. The van der Waals surface area contributed by atoms with Gasteiger partial charge >= 0.3 is 0 Å². The van der Waals surface area contributed by atoms with E-state index in [0.717, 1.165) is 11.6 Å². The zero-order valence-electron chi connectivity index (χ0n) is 9.91. The van der Waals surface area contributed by atoms with Gasteiger partial charge in [0.25, 0.3) is 10.1 Å². The maximum atomic E-state index is 11.9. The third-order valence-electron chi connectivity index (χ3n) is 2.36. The van der Waals surface area contributed by atoms with E-state index in [-0.39, 0.29) is 5.76 Å². The predicted octanol–water partition coefficient (Wildman–Crippen LogP) is 1.98. The number of benzene rings is 1. The van der Waals surface area contributed by atoms with Crippen LogP contribution in [0.4, 0.5) is 0 Å². The van der Waals surface area contributed by atoms with Crippen LogP contribution in [0.25, 0.3) is 11.0 Å². The molecule has 1 heterocycles. The number of fused-ring (bicyclic) bond motifs is 1. The van der Waals surface area contributed by atoms with Gasteiger partial charge in [0.15, 0.2) is 5.76 Å². The zero-order chi connectivity index (χ0) is 13.3. The summed E-state index contributed by atoms with van der Waals surface area (Å²) in [5.74, 6) is -0.413. The topological polar surface area (TPSA) is 73.6 Å². The van der Waals surface area contributed by atoms with E-state index in [0.29, 0.717) is 5.58 Å². The second-order valence-corrected chi connectivity index (χ2v) is 5.56. The average Bonchev–Trinajstić information content (AvgIpc) is 2.68. The first-order chi connectivity index (χ1) is 8.37. The Morgan fingerprint density at radius 2 is 2.00 bits per heavy atom. The normalized spacial score (nSPS) is 13.7. The average molecular weight is 268 g/mol. The number of para-hydroxylation sites is 1. The molecule has 0 saturated carbocycles. The van der Waals surface area contributed by atoms with Gasteiger partial charge in [0.05, 0.1) is 6.26 Å². The van der Waals surface area contributed by atoms with Crippen LogP contribution in [-0.2, 0) is 14.3 Å². The summed E-state index contributed by atoms with van der Waals surface area (Å²) in [5, 5.41) is 0.785. The molecule has 1 atom stereocenters. The van der Waals surface area contributed by atoms with Gasteiger partial charge in [-0.25, -0.2) is 0 Å². The number of ketones is 1. The van der Waals surface area contributed by atoms with E-state index in [1.807, 2.05) is 6.07 Å². The summed E-state index contributed by atoms with van der Waals surface area (Å²) >= 11 is 0. The maximum Gasteiger partial charge on any atom is 0.265 e. The Bertz CT molecular complexity index is 650. The van der Waals surface area contributed by atoms with Gasteiger partial charge in [-0.2, -0.15) is 8.42 Å². The predicted molar refractivity (Wildman–Crippen MR) is 65.9 cm³/mol. The molecular formula is C12H12O5S. The Hall–Kier alpha value is -1.66. The van der Waals surface area contributed by atoms with Crippen molar-refractivity contribution in [1.82, 2.24) is 0 Å². The Kier molecular flexibility index (Phi) is 3.23. The van der Waals surface area contributed by atoms with Gasteiger partial charge in [0.1, 0.15) is 11.7 Å². The molecule has 0 N–H and O–H groups in total. The molecule has 0 aliphatic heterocycles. The van der Waals surface area contributed by atoms with Gasteiger partial charge in [-0.15, -0.1) is 0 Å². The molecule has 0 saturated heterocycles. The molecule has 0 spiro atoms. The minimum atomic E-state index is -3.67. The minimum Gasteiger partial charge on any atom is -0.453 e. The van der Waals surface area contributed by atoms with Gasteiger partial charge in [0, 0.05) is 5.39 Å². The first kappa shape index (κ1) is 12.8. The van der Waals surface area contributed by atoms with Crippen LogP contribution in [0, 0.1) is 0 Å². The zero-order valence-corrected chi connectivity index (χ0v) is 10.7. The van der Waals surface area contributed by atoms with Crippen LogP contribution >= 0.6 is 0 Å². The standard InChI is InChI=1S/C12H12O5S/c1-8(17-18(2,14)15)12(13)11-7-9-5-3-4-6-10(9)16-11/h3-8H,1-2H3/t8-/m1/s1. The number of rotatable bonds is 4. The summed E-state index contributed by atoms with van der Waals surface area (Å²) in [6.45, 7) is 1.37. The van der Waals surface area contributed by atoms with E-state index in [1.54, 1.807) is 24.3 Å². The summed E-state index contributed by atoms with van der Waals surface area (Å²) in [6.07, 6.45) is -0.198. The van der Waals surface area contributed by atoms with E-state index in [2.05, 4.69) is 4.18 Å². The van der Waals surface area contributed by atoms with E-state index < -0.39 is 22.0 Å². The van der Waals surface area contributed by atoms with Crippen LogP contribution in [0.5, 0.6) is 0 Å². The SMILES string of the molecule is C[C@@H](OS(C)(=O)=O)C(=O)c1cc2ccccc2o1. The Labute approximate surface area is 104 Å². The quantitative estimate of drug-likeness (QED) is 0.626. The van der Waals surface area contributed by atoms with Gasteiger partial charge in [-0.1, -0.05) is 18.2 Å². The van der Waals surface area contributed by atoms with Crippen molar-refractivity contribution in [2.24, 2.45) is 0 Å². The molecule has 1 aromatic heterocycles. The minimum absolute atomic E-state index is 0.0901. The van der Waals surface area contributed by atoms with Gasteiger partial charge < -0.3 is 4.42 Å². The molecule has 1 aromatic carbocycles. The highest BCUT2D eigenvalue weighted by atomic mass is 32.2. The van der Waals surface area contributed by atoms with Gasteiger partial charge in [-0.05, 0) is 19.1 Å². The molecule has 96 valence electrons. The number of furan rings is 1. The molecule has 18 heavy (non-hydrogen) atoms. The number of carbonyl (C=O) groups is 1. The number of hydrogen-bond donors (Lipinski definition) is 0. The van der Waals surface area contributed by atoms with Crippen molar-refractivity contribution in [3.8, 4) is 0 Å². The lowest BCUT2D eigenvalue weighted by Crippen LogP contribution is -2.23. The molecule has 0 amide bonds. The highest BCUT2D eigenvalue weighted by molar-refractivity contribution is 7.86. The third kappa shape index (κ3) is 2.77. The molecule has 0 fully saturated rings. The lowest BCUT2D eigenvalue weighted by Gasteiger charge is -2.07. The van der Waals surface area contributed by atoms with Crippen molar-refractivity contribution in [2.45, 2.75) is 13.0 Å². The summed E-state index contributed by atoms with van der Waals surface area (Å²) in [5.41, 5.74) is 0.576. The monoisotopic (exact) mass is 268 g/mol. The van der Waals surface area contributed by atoms with Crippen LogP contribution in [0.3, 0.4) is 0 Å². The van der Waals surface area contributed by atoms with Crippen molar-refractivity contribution < 1.29 is 21.8 Å². The highest BCUT2D eigenvalue weighted by Gasteiger charge is 2.23. The summed E-state index contributed by atoms with van der Waals surface area (Å²) < 4.78 is 31.8. The van der Waals surface area contributed by atoms with E-state index in [1.165, 1.54) is 6.92 Å². The molecule has 0 unspecified atom stereocenters. The molecule has 0 aliphatic carbocycles. The van der Waals surface area contributed by atoms with Crippen LogP contribution in [0.2, 0.25) is 0 Å². The van der Waals surface area contributed by atoms with Crippen molar-refractivity contribution in [3.63, 3.8) is 0 Å². The summed E-state index contributed by atoms with van der Waals surface area (Å²) in [4.78, 5) is 11.9. The summed E-state index contributed by atoms with van der Waals surface area (Å²) in [7, 11) is -3.67. The number of hydrogen-bond acceptors (Lipinski definition) is 5. The van der Waals surface area contributed by atoms with Crippen LogP contribution < -0.4 is 0 Å². The molecule has 2 rings (SSSR count). The highest BCUT2D eigenvalue weighted by Crippen LogP contribution is 2.20. The van der Waals surface area contributed by atoms with E-state index >= 15 is 0 Å². The molecule has 2 aromatic rings. The van der Waals surface area contributed by atoms with Crippen LogP contribution in [0.15, 0.2) is 34.7 Å². The Morgan fingerprint density at radius 3 is 2.61 bits per heavy atom. The fourth-order valence-electron chi connectivity index (χ4n) is 1.61. The molecule has 5 nitrogen and oxygen atoms in total. The molecular weight excluding hydrogens is 256 g/mol. The van der Waals surface area contributed by atoms with Crippen molar-refractivity contribution in [2.75, 3.05) is 6.26 Å². The number of Topliss-reactive ketones (excluding diaryl/α,β-unsaturated/α-hetero) is 1. The van der Waals surface area contributed by atoms with E-state index in [4.69, 9.17) is 4.42 Å². The second-order valence-electron chi connectivity index (χ2n) is 3.96. The lowest BCUT2D eigenvalue weighted by atomic mass is 10.2. The Balaban J connectivity index is 2.28. The first-order valence-corrected chi connectivity index (χ1v) is 7.09. The largest absolute Gasteiger partial charge is 0.453 e. The summed E-state index contributed by atoms with van der Waals surface area (Å²) in [6, 6.07) is 8.71. The molecule has 0 bridgehead atoms. The smallest absolute Gasteiger partial charge is 0.265 e. The number of carbonyl (C=O) groups excluding carboxylic acids is 1. The molecule has 0 radical (unpaired) electrons. The third-order valence-corrected chi connectivity index (χ3v) is 2.99. The first-order valence-electron chi connectivity index (χ1n) is 5.28. The molecule has 0 aliphatic rings. The van der Waals surface area contributed by atoms with Crippen molar-refractivity contribution in [1.29, 1.82) is 0 Å². The Morgan fingerprint density at radius 1 is 1.33 bits per heavy atom. The van der Waals surface area contributed by atoms with Crippen LogP contribution in [0.1, 0.15) is 17.5 Å². The van der Waals surface area contributed by atoms with Crippen molar-refractivity contribution >= 4 is 26.9 Å². The fraction of sp³-hybridized carbons (Fsp3) is 0.250. The van der Waals surface area contributed by atoms with Crippen molar-refractivity contribution in [3.05, 3.63) is 36.1 Å². The van der Waals surface area contributed by atoms with Gasteiger partial charge in [-0.3, -0.25) is 8.98 Å². The lowest BCUT2D eigenvalue weighted by molar-refractivity contribution is 0.0800.